The maximum Gasteiger partial charge on any atom is 0.239 e. The third-order valence-corrected chi connectivity index (χ3v) is 7.03. The van der Waals surface area contributed by atoms with Crippen LogP contribution in [0.25, 0.3) is 0 Å². The quantitative estimate of drug-likeness (QED) is 0.549. The first kappa shape index (κ1) is 21.4. The Labute approximate surface area is 195 Å². The van der Waals surface area contributed by atoms with Gasteiger partial charge in [0.1, 0.15) is 5.82 Å². The molecule has 33 heavy (non-hydrogen) atoms. The van der Waals surface area contributed by atoms with E-state index in [1.54, 1.807) is 29.5 Å². The van der Waals surface area contributed by atoms with Gasteiger partial charge in [0.25, 0.3) is 0 Å². The van der Waals surface area contributed by atoms with Gasteiger partial charge in [-0.1, -0.05) is 36.4 Å². The van der Waals surface area contributed by atoms with Crippen LogP contribution in [-0.4, -0.2) is 18.2 Å². The normalized spacial score (nSPS) is 17.7. The molecule has 2 aromatic carbocycles. The molecule has 2 N–H and O–H groups in total. The van der Waals surface area contributed by atoms with Crippen LogP contribution in [0.4, 0.5) is 15.8 Å². The summed E-state index contributed by atoms with van der Waals surface area (Å²) in [6.07, 6.45) is 2.11. The molecule has 1 aromatic heterocycles. The maximum absolute atomic E-state index is 14.0. The zero-order valence-electron chi connectivity index (χ0n) is 18.0. The van der Waals surface area contributed by atoms with Crippen LogP contribution >= 0.6 is 11.3 Å². The number of fused-ring (bicyclic) bond motifs is 1. The van der Waals surface area contributed by atoms with Gasteiger partial charge in [-0.2, -0.15) is 0 Å². The minimum atomic E-state index is -0.358. The molecule has 5 nitrogen and oxygen atoms in total. The first-order valence-electron chi connectivity index (χ1n) is 11.0. The first-order chi connectivity index (χ1) is 16.1. The summed E-state index contributed by atoms with van der Waals surface area (Å²) >= 11 is 1.58. The van der Waals surface area contributed by atoms with Gasteiger partial charge in [0.2, 0.25) is 5.91 Å². The molecule has 1 aliphatic heterocycles. The van der Waals surface area contributed by atoms with Crippen molar-refractivity contribution in [1.82, 2.24) is 5.32 Å². The van der Waals surface area contributed by atoms with E-state index in [4.69, 9.17) is 0 Å². The Kier molecular flexibility index (Phi) is 5.96. The number of benzene rings is 2. The molecule has 0 unspecified atom stereocenters. The Morgan fingerprint density at radius 2 is 1.91 bits per heavy atom. The molecule has 0 spiro atoms. The van der Waals surface area contributed by atoms with Gasteiger partial charge in [-0.3, -0.25) is 9.59 Å². The van der Waals surface area contributed by atoms with E-state index in [-0.39, 0.29) is 36.6 Å². The summed E-state index contributed by atoms with van der Waals surface area (Å²) in [5.41, 5.74) is 3.85. The monoisotopic (exact) mass is 461 g/mol. The number of nitrogens with zero attached hydrogens (tertiary/aromatic N) is 1. The number of amides is 1. The van der Waals surface area contributed by atoms with Gasteiger partial charge < -0.3 is 15.5 Å². The van der Waals surface area contributed by atoms with Gasteiger partial charge in [-0.05, 0) is 42.5 Å². The van der Waals surface area contributed by atoms with Crippen molar-refractivity contribution in [3.05, 3.63) is 93.6 Å². The number of nitrogens with one attached hydrogen (secondary N) is 2. The predicted molar refractivity (Wildman–Crippen MR) is 129 cm³/mol. The predicted octanol–water partition coefficient (Wildman–Crippen LogP) is 5.18. The minimum absolute atomic E-state index is 0.0414. The first-order valence-corrected chi connectivity index (χ1v) is 11.9. The molecule has 7 heteroatoms. The van der Waals surface area contributed by atoms with Crippen LogP contribution in [0.5, 0.6) is 0 Å². The highest BCUT2D eigenvalue weighted by atomic mass is 32.1. The molecule has 1 atom stereocenters. The number of carbonyl (C=O) groups excluding carboxylic acids is 2. The van der Waals surface area contributed by atoms with Crippen LogP contribution in [0.1, 0.15) is 35.7 Å². The van der Waals surface area contributed by atoms with E-state index >= 15 is 0 Å². The number of para-hydroxylation sites is 2. The largest absolute Gasteiger partial charge is 0.357 e. The third-order valence-electron chi connectivity index (χ3n) is 6.10. The highest BCUT2D eigenvalue weighted by molar-refractivity contribution is 7.10. The van der Waals surface area contributed by atoms with E-state index in [1.807, 2.05) is 46.7 Å². The van der Waals surface area contributed by atoms with E-state index < -0.39 is 0 Å². The molecular formula is C26H24FN3O2S. The molecule has 2 heterocycles. The van der Waals surface area contributed by atoms with Gasteiger partial charge in [0, 0.05) is 34.7 Å². The molecule has 3 aromatic rings. The molecule has 5 rings (SSSR count). The molecule has 0 saturated carbocycles. The highest BCUT2D eigenvalue weighted by Crippen LogP contribution is 2.45. The van der Waals surface area contributed by atoms with E-state index in [0.717, 1.165) is 40.4 Å². The van der Waals surface area contributed by atoms with Crippen molar-refractivity contribution in [2.24, 2.45) is 0 Å². The molecule has 0 bridgehead atoms. The van der Waals surface area contributed by atoms with Crippen LogP contribution in [0.2, 0.25) is 0 Å². The lowest BCUT2D eigenvalue weighted by Crippen LogP contribution is -2.40. The van der Waals surface area contributed by atoms with Crippen LogP contribution in [0.3, 0.4) is 0 Å². The van der Waals surface area contributed by atoms with Gasteiger partial charge >= 0.3 is 0 Å². The molecular weight excluding hydrogens is 437 g/mol. The lowest BCUT2D eigenvalue weighted by molar-refractivity contribution is -0.120. The number of hydrogen-bond acceptors (Lipinski definition) is 5. The number of rotatable bonds is 5. The Hall–Kier alpha value is -3.45. The second-order valence-electron chi connectivity index (χ2n) is 8.23. The Morgan fingerprint density at radius 3 is 2.73 bits per heavy atom. The van der Waals surface area contributed by atoms with Crippen molar-refractivity contribution in [2.75, 3.05) is 16.8 Å². The molecule has 2 aliphatic rings. The van der Waals surface area contributed by atoms with Gasteiger partial charge in [0.15, 0.2) is 5.78 Å². The fraction of sp³-hybridized carbons (Fsp3) is 0.231. The lowest BCUT2D eigenvalue weighted by atomic mass is 9.88. The Bertz CT molecular complexity index is 1220. The molecule has 0 saturated heterocycles. The second-order valence-corrected chi connectivity index (χ2v) is 9.20. The van der Waals surface area contributed by atoms with Crippen molar-refractivity contribution in [2.45, 2.75) is 31.8 Å². The summed E-state index contributed by atoms with van der Waals surface area (Å²) in [4.78, 5) is 29.2. The Balaban J connectivity index is 1.51. The molecule has 0 fully saturated rings. The summed E-state index contributed by atoms with van der Waals surface area (Å²) < 4.78 is 14.0. The summed E-state index contributed by atoms with van der Waals surface area (Å²) in [5.74, 6) is -0.463. The topological polar surface area (TPSA) is 61.4 Å². The van der Waals surface area contributed by atoms with Crippen molar-refractivity contribution in [3.63, 3.8) is 0 Å². The summed E-state index contributed by atoms with van der Waals surface area (Å²) in [5, 5.41) is 8.33. The van der Waals surface area contributed by atoms with E-state index in [1.165, 1.54) is 6.07 Å². The SMILES string of the molecule is O=C(CN1c2ccccc2NC2=C(C(=O)CCC2)[C@H]1c1cccs1)NCc1ccccc1F. The standard InChI is InChI=1S/C26H24FN3O2S/c27-18-8-2-1-7-17(18)15-28-24(32)16-30-21-11-4-3-9-19(21)29-20-10-5-12-22(31)25(20)26(30)23-13-6-14-33-23/h1-4,6-9,11,13-14,26,29H,5,10,12,15-16H2,(H,28,32)/t26-/m1/s1. The van der Waals surface area contributed by atoms with Crippen molar-refractivity contribution in [3.8, 4) is 0 Å². The van der Waals surface area contributed by atoms with Crippen LogP contribution in [0.15, 0.2) is 77.3 Å². The van der Waals surface area contributed by atoms with Crippen LogP contribution in [-0.2, 0) is 16.1 Å². The molecule has 0 radical (unpaired) electrons. The maximum atomic E-state index is 14.0. The zero-order chi connectivity index (χ0) is 22.8. The minimum Gasteiger partial charge on any atom is -0.357 e. The second kappa shape index (κ2) is 9.19. The van der Waals surface area contributed by atoms with Crippen molar-refractivity contribution in [1.29, 1.82) is 0 Å². The number of anilines is 2. The van der Waals surface area contributed by atoms with E-state index in [2.05, 4.69) is 10.6 Å². The average molecular weight is 462 g/mol. The molecule has 1 amide bonds. The van der Waals surface area contributed by atoms with Crippen molar-refractivity contribution >= 4 is 34.4 Å². The fourth-order valence-electron chi connectivity index (χ4n) is 4.56. The highest BCUT2D eigenvalue weighted by Gasteiger charge is 2.37. The van der Waals surface area contributed by atoms with Gasteiger partial charge in [0.05, 0.1) is 24.0 Å². The van der Waals surface area contributed by atoms with Crippen LogP contribution < -0.4 is 15.5 Å². The van der Waals surface area contributed by atoms with Crippen molar-refractivity contribution < 1.29 is 14.0 Å². The summed E-state index contributed by atoms with van der Waals surface area (Å²) in [6, 6.07) is 17.9. The smallest absolute Gasteiger partial charge is 0.239 e. The average Bonchev–Trinajstić information content (AvgIpc) is 3.30. The zero-order valence-corrected chi connectivity index (χ0v) is 18.8. The van der Waals surface area contributed by atoms with Gasteiger partial charge in [-0.25, -0.2) is 4.39 Å². The number of hydrogen-bond donors (Lipinski definition) is 2. The summed E-state index contributed by atoms with van der Waals surface area (Å²) in [7, 11) is 0. The van der Waals surface area contributed by atoms with E-state index in [0.29, 0.717) is 12.0 Å². The molecule has 168 valence electrons. The lowest BCUT2D eigenvalue weighted by Gasteiger charge is -2.34. The van der Waals surface area contributed by atoms with Crippen LogP contribution in [0, 0.1) is 5.82 Å². The number of carbonyl (C=O) groups is 2. The number of halogens is 1. The third kappa shape index (κ3) is 4.28. The number of allylic oxidation sites excluding steroid dienone is 1. The summed E-state index contributed by atoms with van der Waals surface area (Å²) in [6.45, 7) is 0.148. The number of thiophene rings is 1. The number of ketones is 1. The van der Waals surface area contributed by atoms with E-state index in [9.17, 15) is 14.0 Å². The Morgan fingerprint density at radius 1 is 1.09 bits per heavy atom. The number of Topliss-reactive ketones (excluding diaryl/α,β-unsaturated/α-hetero) is 1. The van der Waals surface area contributed by atoms with Gasteiger partial charge in [-0.15, -0.1) is 11.3 Å². The fourth-order valence-corrected chi connectivity index (χ4v) is 5.41. The molecule has 1 aliphatic carbocycles.